The number of anilines is 1. The number of nitrogens with one attached hydrogen (secondary N) is 1. The third-order valence-electron chi connectivity index (χ3n) is 5.82. The van der Waals surface area contributed by atoms with Gasteiger partial charge in [0.25, 0.3) is 11.9 Å². The smallest absolute Gasteiger partial charge is 0.274 e. The number of carbonyl (C=O) groups is 1. The molecule has 10 nitrogen and oxygen atoms in total. The Morgan fingerprint density at radius 3 is 2.63 bits per heavy atom. The maximum Gasteiger partial charge on any atom is 0.274 e. The van der Waals surface area contributed by atoms with Crippen molar-refractivity contribution in [3.8, 4) is 16.6 Å². The summed E-state index contributed by atoms with van der Waals surface area (Å²) in [5.74, 6) is 0.0568. The molecule has 0 saturated heterocycles. The van der Waals surface area contributed by atoms with Crippen LogP contribution in [0, 0.1) is 0 Å². The fourth-order valence-electron chi connectivity index (χ4n) is 3.98. The normalized spacial score (nSPS) is 11.4. The van der Waals surface area contributed by atoms with Crippen LogP contribution in [-0.2, 0) is 0 Å². The van der Waals surface area contributed by atoms with Crippen LogP contribution in [0.15, 0.2) is 95.4 Å². The Balaban J connectivity index is 1.37. The number of rotatable bonds is 6. The minimum Gasteiger partial charge on any atom is -0.505 e. The highest BCUT2D eigenvalue weighted by atomic mass is 32.1. The number of phenolic OH excluding ortho intramolecular Hbond substituents is 1. The van der Waals surface area contributed by atoms with Gasteiger partial charge in [-0.25, -0.2) is 4.98 Å². The van der Waals surface area contributed by atoms with Gasteiger partial charge in [-0.15, -0.1) is 10.2 Å². The van der Waals surface area contributed by atoms with Crippen molar-refractivity contribution in [1.82, 2.24) is 19.7 Å². The van der Waals surface area contributed by atoms with Crippen LogP contribution in [0.5, 0.6) is 11.5 Å². The van der Waals surface area contributed by atoms with Gasteiger partial charge in [-0.2, -0.15) is 14.8 Å². The summed E-state index contributed by atoms with van der Waals surface area (Å²) in [4.78, 5) is 22.1. The van der Waals surface area contributed by atoms with Crippen molar-refractivity contribution in [2.75, 3.05) is 12.4 Å². The van der Waals surface area contributed by atoms with Gasteiger partial charge in [0.05, 0.1) is 22.9 Å². The van der Waals surface area contributed by atoms with Crippen molar-refractivity contribution in [3.63, 3.8) is 0 Å². The van der Waals surface area contributed by atoms with Gasteiger partial charge >= 0.3 is 0 Å². The topological polar surface area (TPSA) is 127 Å². The van der Waals surface area contributed by atoms with E-state index in [0.717, 1.165) is 10.2 Å². The number of methoxy groups -OCH3 is 1. The maximum atomic E-state index is 13.3. The number of aromatic hydroxyl groups is 1. The van der Waals surface area contributed by atoms with Gasteiger partial charge < -0.3 is 15.2 Å². The first-order valence-corrected chi connectivity index (χ1v) is 12.3. The molecule has 0 saturated carbocycles. The van der Waals surface area contributed by atoms with E-state index in [1.165, 1.54) is 22.3 Å². The predicted octanol–water partition coefficient (Wildman–Crippen LogP) is 6.41. The van der Waals surface area contributed by atoms with Crippen LogP contribution < -0.4 is 10.1 Å². The van der Waals surface area contributed by atoms with E-state index in [0.29, 0.717) is 27.3 Å². The molecule has 4 aromatic carbocycles. The van der Waals surface area contributed by atoms with E-state index >= 15 is 0 Å². The number of phenols is 1. The van der Waals surface area contributed by atoms with Crippen LogP contribution >= 0.6 is 11.3 Å². The molecule has 0 aliphatic rings. The van der Waals surface area contributed by atoms with Gasteiger partial charge in [-0.1, -0.05) is 47.7 Å². The predicted molar refractivity (Wildman–Crippen MR) is 145 cm³/mol. The monoisotopic (exact) mass is 521 g/mol. The number of para-hydroxylation sites is 1. The highest BCUT2D eigenvalue weighted by Gasteiger charge is 2.20. The van der Waals surface area contributed by atoms with E-state index in [1.54, 1.807) is 49.6 Å². The number of hydrogen-bond donors (Lipinski definition) is 2. The van der Waals surface area contributed by atoms with E-state index in [4.69, 9.17) is 4.74 Å². The van der Waals surface area contributed by atoms with E-state index in [1.807, 2.05) is 36.4 Å². The molecule has 0 bridgehead atoms. The first kappa shape index (κ1) is 23.3. The third kappa shape index (κ3) is 4.31. The van der Waals surface area contributed by atoms with Crippen molar-refractivity contribution in [3.05, 3.63) is 90.8 Å². The second kappa shape index (κ2) is 9.71. The highest BCUT2D eigenvalue weighted by molar-refractivity contribution is 7.20. The van der Waals surface area contributed by atoms with Crippen molar-refractivity contribution >= 4 is 55.6 Å². The zero-order chi connectivity index (χ0) is 26.1. The summed E-state index contributed by atoms with van der Waals surface area (Å²) in [5.41, 5.74) is 1.59. The lowest BCUT2D eigenvalue weighted by atomic mass is 10.0. The fraction of sp³-hybridized carbons (Fsp3) is 0.0370. The SMILES string of the molecule is COc1ccc(NC(=O)c2c(O)c(N=Nc3ncnn3-c3nc4ccccc4s3)cc3ccccc23)cc1. The number of ether oxygens (including phenoxy) is 1. The summed E-state index contributed by atoms with van der Waals surface area (Å²) < 4.78 is 7.65. The number of thiazole rings is 1. The molecule has 11 heteroatoms. The molecule has 6 aromatic rings. The Hall–Kier alpha value is -5.16. The number of amides is 1. The minimum atomic E-state index is -0.487. The zero-order valence-electron chi connectivity index (χ0n) is 19.9. The molecule has 0 spiro atoms. The van der Waals surface area contributed by atoms with Crippen molar-refractivity contribution < 1.29 is 14.6 Å². The highest BCUT2D eigenvalue weighted by Crippen LogP contribution is 2.38. The van der Waals surface area contributed by atoms with Crippen LogP contribution in [0.2, 0.25) is 0 Å². The van der Waals surface area contributed by atoms with Crippen LogP contribution in [0.25, 0.3) is 26.1 Å². The number of aromatic nitrogens is 4. The zero-order valence-corrected chi connectivity index (χ0v) is 20.8. The van der Waals surface area contributed by atoms with Gasteiger partial charge in [-0.3, -0.25) is 4.79 Å². The largest absolute Gasteiger partial charge is 0.505 e. The molecule has 38 heavy (non-hydrogen) atoms. The van der Waals surface area contributed by atoms with Crippen molar-refractivity contribution in [2.45, 2.75) is 0 Å². The second-order valence-corrected chi connectivity index (χ2v) is 9.17. The fourth-order valence-corrected chi connectivity index (χ4v) is 4.90. The minimum absolute atomic E-state index is 0.0838. The van der Waals surface area contributed by atoms with Crippen LogP contribution in [0.4, 0.5) is 17.3 Å². The molecule has 186 valence electrons. The average molecular weight is 522 g/mol. The quantitative estimate of drug-likeness (QED) is 0.244. The Labute approximate surface area is 219 Å². The lowest BCUT2D eigenvalue weighted by Crippen LogP contribution is -2.12. The summed E-state index contributed by atoms with van der Waals surface area (Å²) in [5, 5.41) is 28.5. The molecule has 2 heterocycles. The maximum absolute atomic E-state index is 13.3. The van der Waals surface area contributed by atoms with E-state index in [-0.39, 0.29) is 22.9 Å². The van der Waals surface area contributed by atoms with E-state index < -0.39 is 5.91 Å². The van der Waals surface area contributed by atoms with Gasteiger partial charge in [0.2, 0.25) is 5.13 Å². The summed E-state index contributed by atoms with van der Waals surface area (Å²) in [6.45, 7) is 0. The Kier molecular flexibility index (Phi) is 5.94. The number of carbonyl (C=O) groups excluding carboxylic acids is 1. The molecule has 0 aliphatic heterocycles. The molecule has 6 rings (SSSR count). The number of azo groups is 1. The summed E-state index contributed by atoms with van der Waals surface area (Å²) in [6.07, 6.45) is 1.36. The first-order chi connectivity index (χ1) is 18.6. The molecule has 0 aliphatic carbocycles. The van der Waals surface area contributed by atoms with Crippen molar-refractivity contribution in [2.24, 2.45) is 10.2 Å². The molecule has 0 radical (unpaired) electrons. The Morgan fingerprint density at radius 2 is 1.82 bits per heavy atom. The van der Waals surface area contributed by atoms with Crippen LogP contribution in [-0.4, -0.2) is 37.9 Å². The summed E-state index contributed by atoms with van der Waals surface area (Å²) in [7, 11) is 1.57. The number of nitrogens with zero attached hydrogens (tertiary/aromatic N) is 6. The van der Waals surface area contributed by atoms with Crippen LogP contribution in [0.1, 0.15) is 10.4 Å². The average Bonchev–Trinajstić information content (AvgIpc) is 3.59. The molecule has 2 N–H and O–H groups in total. The number of benzene rings is 4. The van der Waals surface area contributed by atoms with Gasteiger partial charge in [0, 0.05) is 5.69 Å². The van der Waals surface area contributed by atoms with E-state index in [2.05, 4.69) is 30.6 Å². The molecule has 2 aromatic heterocycles. The number of fused-ring (bicyclic) bond motifs is 2. The first-order valence-electron chi connectivity index (χ1n) is 11.5. The van der Waals surface area contributed by atoms with Gasteiger partial charge in [0.15, 0.2) is 5.75 Å². The summed E-state index contributed by atoms with van der Waals surface area (Å²) >= 11 is 1.44. The summed E-state index contributed by atoms with van der Waals surface area (Å²) in [6, 6.07) is 23.6. The number of hydrogen-bond acceptors (Lipinski definition) is 9. The van der Waals surface area contributed by atoms with Crippen molar-refractivity contribution in [1.29, 1.82) is 0 Å². The molecule has 0 unspecified atom stereocenters. The molecular formula is C27H19N7O3S. The molecular weight excluding hydrogens is 502 g/mol. The lowest BCUT2D eigenvalue weighted by molar-refractivity contribution is 0.102. The molecule has 0 atom stereocenters. The lowest BCUT2D eigenvalue weighted by Gasteiger charge is -2.12. The standard InChI is InChI=1S/C27H19N7O3S/c1-37-18-12-10-17(11-13-18)30-25(36)23-19-7-3-2-6-16(19)14-21(24(23)35)32-33-26-28-15-29-34(26)27-31-20-8-4-5-9-22(20)38-27/h2-15,35H,1H3,(H,30,36). The Bertz CT molecular complexity index is 1790. The van der Waals surface area contributed by atoms with E-state index in [9.17, 15) is 9.90 Å². The third-order valence-corrected chi connectivity index (χ3v) is 6.83. The van der Waals surface area contributed by atoms with Gasteiger partial charge in [-0.05, 0) is 53.2 Å². The van der Waals surface area contributed by atoms with Gasteiger partial charge in [0.1, 0.15) is 17.8 Å². The van der Waals surface area contributed by atoms with Crippen LogP contribution in [0.3, 0.4) is 0 Å². The second-order valence-electron chi connectivity index (χ2n) is 8.16. The molecule has 1 amide bonds. The molecule has 0 fully saturated rings. The Morgan fingerprint density at radius 1 is 1.03 bits per heavy atom.